The van der Waals surface area contributed by atoms with Crippen LogP contribution in [-0.4, -0.2) is 17.5 Å². The summed E-state index contributed by atoms with van der Waals surface area (Å²) >= 11 is 0. The summed E-state index contributed by atoms with van der Waals surface area (Å²) in [5, 5.41) is 9.47. The Bertz CT molecular complexity index is 369. The van der Waals surface area contributed by atoms with E-state index in [1.165, 1.54) is 0 Å². The van der Waals surface area contributed by atoms with Crippen molar-refractivity contribution in [1.82, 2.24) is 0 Å². The van der Waals surface area contributed by atoms with E-state index in [4.69, 9.17) is 4.74 Å². The molecule has 0 fully saturated rings. The lowest BCUT2D eigenvalue weighted by Gasteiger charge is -2.06. The number of carbonyl (C=O) groups is 1. The largest absolute Gasteiger partial charge is 0.508 e. The first-order valence-electron chi connectivity index (χ1n) is 4.25. The van der Waals surface area contributed by atoms with Gasteiger partial charge < -0.3 is 9.84 Å². The number of hydrogen-bond donors (Lipinski definition) is 1. The van der Waals surface area contributed by atoms with Gasteiger partial charge >= 0.3 is 0 Å². The van der Waals surface area contributed by atoms with Crippen LogP contribution >= 0.6 is 0 Å². The molecule has 3 heteroatoms. The number of hydrogen-bond acceptors (Lipinski definition) is 3. The maximum atomic E-state index is 11.2. The fourth-order valence-corrected chi connectivity index (χ4v) is 1.56. The number of rotatable bonds is 1. The summed E-state index contributed by atoms with van der Waals surface area (Å²) in [6.07, 6.45) is 0.669. The minimum Gasteiger partial charge on any atom is -0.508 e. The molecule has 2 rings (SSSR count). The van der Waals surface area contributed by atoms with Gasteiger partial charge in [-0.2, -0.15) is 0 Å². The zero-order chi connectivity index (χ0) is 9.42. The van der Waals surface area contributed by atoms with Gasteiger partial charge in [0, 0.05) is 5.56 Å². The Labute approximate surface area is 76.0 Å². The Morgan fingerprint density at radius 1 is 1.54 bits per heavy atom. The van der Waals surface area contributed by atoms with Gasteiger partial charge in [0.05, 0.1) is 5.56 Å². The van der Waals surface area contributed by atoms with Gasteiger partial charge in [0.2, 0.25) is 5.78 Å². The first kappa shape index (κ1) is 8.10. The molecule has 13 heavy (non-hydrogen) atoms. The maximum absolute atomic E-state index is 11.2. The topological polar surface area (TPSA) is 46.5 Å². The first-order valence-corrected chi connectivity index (χ1v) is 4.25. The predicted octanol–water partition coefficient (Wildman–Crippen LogP) is 1.53. The molecular weight excluding hydrogens is 168 g/mol. The van der Waals surface area contributed by atoms with Gasteiger partial charge in [-0.3, -0.25) is 4.79 Å². The van der Waals surface area contributed by atoms with Crippen LogP contribution in [0.3, 0.4) is 0 Å². The highest BCUT2D eigenvalue weighted by Crippen LogP contribution is 2.35. The second-order valence-corrected chi connectivity index (χ2v) is 3.01. The van der Waals surface area contributed by atoms with E-state index in [0.29, 0.717) is 17.7 Å². The molecule has 68 valence electrons. The molecule has 3 nitrogen and oxygen atoms in total. The number of ether oxygens (including phenoxy) is 1. The van der Waals surface area contributed by atoms with Gasteiger partial charge in [0.15, 0.2) is 6.61 Å². The van der Waals surface area contributed by atoms with E-state index >= 15 is 0 Å². The number of phenolic OH excluding ortho intramolecular Hbond substituents is 1. The maximum Gasteiger partial charge on any atom is 0.203 e. The molecule has 0 atom stereocenters. The summed E-state index contributed by atoms with van der Waals surface area (Å²) in [6, 6.07) is 3.16. The highest BCUT2D eigenvalue weighted by molar-refractivity contribution is 6.02. The fourth-order valence-electron chi connectivity index (χ4n) is 1.56. The molecule has 1 aromatic rings. The summed E-state index contributed by atoms with van der Waals surface area (Å²) in [5.41, 5.74) is 1.32. The third-order valence-corrected chi connectivity index (χ3v) is 2.24. The average molecular weight is 178 g/mol. The van der Waals surface area contributed by atoms with Gasteiger partial charge in [0.1, 0.15) is 11.5 Å². The van der Waals surface area contributed by atoms with Gasteiger partial charge in [-0.05, 0) is 18.6 Å². The van der Waals surface area contributed by atoms with Crippen molar-refractivity contribution in [1.29, 1.82) is 0 Å². The van der Waals surface area contributed by atoms with Crippen LogP contribution in [0.2, 0.25) is 0 Å². The molecular formula is C10H10O3. The smallest absolute Gasteiger partial charge is 0.203 e. The minimum atomic E-state index is -0.00954. The standard InChI is InChI=1S/C10H10O3/c1-2-6-8(11)4-3-7-9(12)5-13-10(6)7/h3-4,11H,2,5H2,1H3. The molecule has 1 aliphatic rings. The molecule has 0 aliphatic carbocycles. The molecule has 0 saturated carbocycles. The van der Waals surface area contributed by atoms with Gasteiger partial charge in [-0.25, -0.2) is 0 Å². The number of aromatic hydroxyl groups is 1. The fraction of sp³-hybridized carbons (Fsp3) is 0.300. The molecule has 1 aliphatic heterocycles. The van der Waals surface area contributed by atoms with Crippen molar-refractivity contribution in [2.75, 3.05) is 6.61 Å². The Morgan fingerprint density at radius 3 is 3.00 bits per heavy atom. The van der Waals surface area contributed by atoms with Crippen LogP contribution < -0.4 is 4.74 Å². The number of benzene rings is 1. The molecule has 0 saturated heterocycles. The van der Waals surface area contributed by atoms with Crippen molar-refractivity contribution in [3.05, 3.63) is 23.3 Å². The van der Waals surface area contributed by atoms with E-state index in [0.717, 1.165) is 5.56 Å². The quantitative estimate of drug-likeness (QED) is 0.709. The Hall–Kier alpha value is -1.51. The number of ketones is 1. The van der Waals surface area contributed by atoms with Crippen LogP contribution in [0.1, 0.15) is 22.8 Å². The van der Waals surface area contributed by atoms with Crippen molar-refractivity contribution >= 4 is 5.78 Å². The average Bonchev–Trinajstić information content (AvgIpc) is 2.48. The molecule has 0 spiro atoms. The van der Waals surface area contributed by atoms with E-state index in [9.17, 15) is 9.90 Å². The molecule has 1 heterocycles. The van der Waals surface area contributed by atoms with Crippen molar-refractivity contribution in [3.8, 4) is 11.5 Å². The van der Waals surface area contributed by atoms with E-state index < -0.39 is 0 Å². The molecule has 0 aromatic heterocycles. The third-order valence-electron chi connectivity index (χ3n) is 2.24. The highest BCUT2D eigenvalue weighted by Gasteiger charge is 2.24. The Kier molecular flexibility index (Phi) is 1.72. The lowest BCUT2D eigenvalue weighted by atomic mass is 10.0. The SMILES string of the molecule is CCc1c(O)ccc2c1OCC2=O. The van der Waals surface area contributed by atoms with Crippen LogP contribution in [-0.2, 0) is 6.42 Å². The number of phenols is 1. The lowest BCUT2D eigenvalue weighted by Crippen LogP contribution is -1.98. The molecule has 0 amide bonds. The summed E-state index contributed by atoms with van der Waals surface area (Å²) in [6.45, 7) is 2.02. The second kappa shape index (κ2) is 2.76. The molecule has 1 aromatic carbocycles. The van der Waals surface area contributed by atoms with Crippen molar-refractivity contribution in [3.63, 3.8) is 0 Å². The van der Waals surface area contributed by atoms with Crippen LogP contribution in [0.25, 0.3) is 0 Å². The monoisotopic (exact) mass is 178 g/mol. The van der Waals surface area contributed by atoms with Gasteiger partial charge in [-0.15, -0.1) is 0 Å². The summed E-state index contributed by atoms with van der Waals surface area (Å²) in [5.74, 6) is 0.758. The van der Waals surface area contributed by atoms with Crippen molar-refractivity contribution in [2.24, 2.45) is 0 Å². The number of Topliss-reactive ketones (excluding diaryl/α,β-unsaturated/α-hetero) is 1. The normalized spacial score (nSPS) is 14.1. The minimum absolute atomic E-state index is 0.00954. The summed E-state index contributed by atoms with van der Waals surface area (Å²) < 4.78 is 5.20. The molecule has 1 N–H and O–H groups in total. The Morgan fingerprint density at radius 2 is 2.31 bits per heavy atom. The highest BCUT2D eigenvalue weighted by atomic mass is 16.5. The van der Waals surface area contributed by atoms with E-state index in [1.807, 2.05) is 6.92 Å². The van der Waals surface area contributed by atoms with Crippen molar-refractivity contribution in [2.45, 2.75) is 13.3 Å². The summed E-state index contributed by atoms with van der Waals surface area (Å²) in [7, 11) is 0. The van der Waals surface area contributed by atoms with E-state index in [1.54, 1.807) is 12.1 Å². The van der Waals surface area contributed by atoms with Gasteiger partial charge in [0.25, 0.3) is 0 Å². The molecule has 0 unspecified atom stereocenters. The van der Waals surface area contributed by atoms with E-state index in [2.05, 4.69) is 0 Å². The molecule has 0 radical (unpaired) electrons. The first-order chi connectivity index (χ1) is 6.24. The number of carbonyl (C=O) groups excluding carboxylic acids is 1. The van der Waals surface area contributed by atoms with Crippen LogP contribution in [0.4, 0.5) is 0 Å². The van der Waals surface area contributed by atoms with Crippen LogP contribution in [0.15, 0.2) is 12.1 Å². The Balaban J connectivity index is 2.64. The number of fused-ring (bicyclic) bond motifs is 1. The van der Waals surface area contributed by atoms with Crippen LogP contribution in [0.5, 0.6) is 11.5 Å². The summed E-state index contributed by atoms with van der Waals surface area (Å²) in [4.78, 5) is 11.2. The lowest BCUT2D eigenvalue weighted by molar-refractivity contribution is 0.0961. The van der Waals surface area contributed by atoms with E-state index in [-0.39, 0.29) is 18.1 Å². The van der Waals surface area contributed by atoms with Gasteiger partial charge in [-0.1, -0.05) is 6.92 Å². The second-order valence-electron chi connectivity index (χ2n) is 3.01. The predicted molar refractivity (Wildman–Crippen MR) is 47.3 cm³/mol. The zero-order valence-corrected chi connectivity index (χ0v) is 7.33. The third kappa shape index (κ3) is 1.08. The molecule has 0 bridgehead atoms. The zero-order valence-electron chi connectivity index (χ0n) is 7.33. The van der Waals surface area contributed by atoms with Crippen LogP contribution in [0, 0.1) is 0 Å². The van der Waals surface area contributed by atoms with Crippen molar-refractivity contribution < 1.29 is 14.6 Å².